The average Bonchev–Trinajstić information content (AvgIpc) is 2.84. The summed E-state index contributed by atoms with van der Waals surface area (Å²) in [5, 5.41) is 23.0. The zero-order chi connectivity index (χ0) is 16.5. The van der Waals surface area contributed by atoms with Gasteiger partial charge in [-0.1, -0.05) is 47.1 Å². The van der Waals surface area contributed by atoms with Gasteiger partial charge in [0.15, 0.2) is 0 Å². The topological polar surface area (TPSA) is 96.2 Å². The number of nitrogens with zero attached hydrogens (tertiary/aromatic N) is 1. The van der Waals surface area contributed by atoms with Gasteiger partial charge in [-0.2, -0.15) is 0 Å². The molecule has 0 amide bonds. The van der Waals surface area contributed by atoms with E-state index in [0.717, 1.165) is 4.47 Å². The minimum absolute atomic E-state index is 0.275. The molecule has 0 fully saturated rings. The van der Waals surface area contributed by atoms with Crippen molar-refractivity contribution in [1.29, 1.82) is 0 Å². The molecule has 7 heteroatoms. The normalized spacial score (nSPS) is 18.4. The largest absolute Gasteiger partial charge is 0.478 e. The molecule has 0 saturated carbocycles. The first-order valence-electron chi connectivity index (χ1n) is 6.85. The zero-order valence-electron chi connectivity index (χ0n) is 12.2. The van der Waals surface area contributed by atoms with Crippen LogP contribution in [-0.4, -0.2) is 33.5 Å². The molecular weight excluding hydrogens is 354 g/mol. The summed E-state index contributed by atoms with van der Waals surface area (Å²) in [7, 11) is 0. The number of halogens is 1. The molecule has 0 saturated heterocycles. The third kappa shape index (κ3) is 2.03. The van der Waals surface area contributed by atoms with Gasteiger partial charge in [-0.05, 0) is 25.0 Å². The number of carboxylic acids is 2. The Labute approximate surface area is 135 Å². The number of carboxylic acid groups (broad SMARTS) is 2. The Balaban J connectivity index is 2.65. The van der Waals surface area contributed by atoms with Crippen molar-refractivity contribution in [3.63, 3.8) is 0 Å². The number of oxime groups is 1. The maximum absolute atomic E-state index is 11.7. The van der Waals surface area contributed by atoms with Crippen molar-refractivity contribution in [2.45, 2.75) is 32.3 Å². The van der Waals surface area contributed by atoms with E-state index in [4.69, 9.17) is 4.84 Å². The Kier molecular flexibility index (Phi) is 4.28. The molecule has 0 spiro atoms. The van der Waals surface area contributed by atoms with Crippen LogP contribution < -0.4 is 0 Å². The standard InChI is InChI=1S/C15H16BrNO5/c1-3-14(4-2)11(9-5-7-10(16)8-6-9)17-22-15(14,12(18)19)13(20)21/h5-8H,3-4H2,1-2H3,(H,18,19)(H,20,21). The van der Waals surface area contributed by atoms with E-state index in [2.05, 4.69) is 21.1 Å². The third-order valence-corrected chi connectivity index (χ3v) is 4.86. The third-order valence-electron chi connectivity index (χ3n) is 4.33. The highest BCUT2D eigenvalue weighted by molar-refractivity contribution is 9.10. The second-order valence-electron chi connectivity index (χ2n) is 5.12. The summed E-state index contributed by atoms with van der Waals surface area (Å²) in [6.45, 7) is 3.49. The number of carbonyl (C=O) groups is 2. The van der Waals surface area contributed by atoms with Crippen molar-refractivity contribution >= 4 is 33.6 Å². The molecule has 1 aromatic rings. The maximum atomic E-state index is 11.7. The van der Waals surface area contributed by atoms with Crippen molar-refractivity contribution in [3.05, 3.63) is 34.3 Å². The molecule has 2 N–H and O–H groups in total. The van der Waals surface area contributed by atoms with Gasteiger partial charge in [0, 0.05) is 10.0 Å². The molecule has 2 rings (SSSR count). The van der Waals surface area contributed by atoms with Gasteiger partial charge in [0.25, 0.3) is 0 Å². The summed E-state index contributed by atoms with van der Waals surface area (Å²) in [4.78, 5) is 28.5. The van der Waals surface area contributed by atoms with Crippen molar-refractivity contribution < 1.29 is 24.6 Å². The highest BCUT2D eigenvalue weighted by Gasteiger charge is 2.70. The first kappa shape index (κ1) is 16.5. The van der Waals surface area contributed by atoms with Crippen LogP contribution >= 0.6 is 15.9 Å². The lowest BCUT2D eigenvalue weighted by Crippen LogP contribution is -2.60. The van der Waals surface area contributed by atoms with Crippen LogP contribution in [0.3, 0.4) is 0 Å². The SMILES string of the molecule is CCC1(CC)C(c2ccc(Br)cc2)=NOC1(C(=O)O)C(=O)O. The Hall–Kier alpha value is -1.89. The summed E-state index contributed by atoms with van der Waals surface area (Å²) in [6.07, 6.45) is 0.550. The fourth-order valence-corrected chi connectivity index (χ4v) is 3.32. The molecule has 118 valence electrons. The van der Waals surface area contributed by atoms with Crippen LogP contribution in [0, 0.1) is 5.41 Å². The first-order chi connectivity index (χ1) is 10.4. The molecule has 0 unspecified atom stereocenters. The quantitative estimate of drug-likeness (QED) is 0.777. The predicted molar refractivity (Wildman–Crippen MR) is 82.8 cm³/mol. The molecule has 0 aliphatic carbocycles. The summed E-state index contributed by atoms with van der Waals surface area (Å²) in [5.41, 5.74) is -2.64. The van der Waals surface area contributed by atoms with E-state index < -0.39 is 23.0 Å². The number of hydrogen-bond donors (Lipinski definition) is 2. The fourth-order valence-electron chi connectivity index (χ4n) is 3.05. The van der Waals surface area contributed by atoms with E-state index in [0.29, 0.717) is 11.3 Å². The number of aliphatic carboxylic acids is 2. The second kappa shape index (κ2) is 5.72. The van der Waals surface area contributed by atoms with E-state index >= 15 is 0 Å². The van der Waals surface area contributed by atoms with Crippen LogP contribution in [0.25, 0.3) is 0 Å². The van der Waals surface area contributed by atoms with Crippen LogP contribution in [0.2, 0.25) is 0 Å². The number of benzene rings is 1. The van der Waals surface area contributed by atoms with E-state index in [-0.39, 0.29) is 12.8 Å². The van der Waals surface area contributed by atoms with Crippen molar-refractivity contribution in [2.75, 3.05) is 0 Å². The van der Waals surface area contributed by atoms with Gasteiger partial charge in [-0.3, -0.25) is 0 Å². The molecule has 0 bridgehead atoms. The van der Waals surface area contributed by atoms with Crippen molar-refractivity contribution in [1.82, 2.24) is 0 Å². The monoisotopic (exact) mass is 369 g/mol. The van der Waals surface area contributed by atoms with Crippen LogP contribution in [0.15, 0.2) is 33.9 Å². The molecule has 0 atom stereocenters. The molecule has 1 heterocycles. The van der Waals surface area contributed by atoms with Gasteiger partial charge >= 0.3 is 17.5 Å². The van der Waals surface area contributed by atoms with Gasteiger partial charge in [0.05, 0.1) is 11.1 Å². The lowest BCUT2D eigenvalue weighted by Gasteiger charge is -2.36. The van der Waals surface area contributed by atoms with E-state index in [1.807, 2.05) is 0 Å². The summed E-state index contributed by atoms with van der Waals surface area (Å²) < 4.78 is 0.858. The Morgan fingerprint density at radius 2 is 1.64 bits per heavy atom. The van der Waals surface area contributed by atoms with E-state index in [1.165, 1.54) is 0 Å². The molecule has 0 radical (unpaired) electrons. The molecule has 1 aliphatic rings. The van der Waals surface area contributed by atoms with Crippen LogP contribution in [-0.2, 0) is 14.4 Å². The smallest absolute Gasteiger partial charge is 0.364 e. The lowest BCUT2D eigenvalue weighted by atomic mass is 9.64. The number of rotatable bonds is 5. The number of hydrogen-bond acceptors (Lipinski definition) is 4. The molecule has 0 aromatic heterocycles. The Bertz CT molecular complexity index is 620. The highest BCUT2D eigenvalue weighted by Crippen LogP contribution is 2.49. The fraction of sp³-hybridized carbons (Fsp3) is 0.400. The highest BCUT2D eigenvalue weighted by atomic mass is 79.9. The average molecular weight is 370 g/mol. The summed E-state index contributed by atoms with van der Waals surface area (Å²) in [6, 6.07) is 7.09. The molecule has 6 nitrogen and oxygen atoms in total. The summed E-state index contributed by atoms with van der Waals surface area (Å²) in [5.74, 6) is -3.08. The Morgan fingerprint density at radius 3 is 2.05 bits per heavy atom. The van der Waals surface area contributed by atoms with Gasteiger partial charge < -0.3 is 15.1 Å². The summed E-state index contributed by atoms with van der Waals surface area (Å²) >= 11 is 3.33. The lowest BCUT2D eigenvalue weighted by molar-refractivity contribution is -0.192. The second-order valence-corrected chi connectivity index (χ2v) is 6.03. The maximum Gasteiger partial charge on any atom is 0.364 e. The minimum atomic E-state index is -2.40. The molecular formula is C15H16BrNO5. The van der Waals surface area contributed by atoms with E-state index in [1.54, 1.807) is 38.1 Å². The van der Waals surface area contributed by atoms with Crippen LogP contribution in [0.5, 0.6) is 0 Å². The van der Waals surface area contributed by atoms with E-state index in [9.17, 15) is 19.8 Å². The Morgan fingerprint density at radius 1 is 1.14 bits per heavy atom. The van der Waals surface area contributed by atoms with Gasteiger partial charge in [0.2, 0.25) is 0 Å². The van der Waals surface area contributed by atoms with Gasteiger partial charge in [0.1, 0.15) is 0 Å². The molecule has 1 aliphatic heterocycles. The first-order valence-corrected chi connectivity index (χ1v) is 7.64. The van der Waals surface area contributed by atoms with Crippen molar-refractivity contribution in [2.24, 2.45) is 10.6 Å². The zero-order valence-corrected chi connectivity index (χ0v) is 13.8. The van der Waals surface area contributed by atoms with Crippen LogP contribution in [0.1, 0.15) is 32.3 Å². The van der Waals surface area contributed by atoms with Crippen LogP contribution in [0.4, 0.5) is 0 Å². The van der Waals surface area contributed by atoms with Gasteiger partial charge in [-0.15, -0.1) is 0 Å². The molecule has 22 heavy (non-hydrogen) atoms. The minimum Gasteiger partial charge on any atom is -0.478 e. The van der Waals surface area contributed by atoms with Crippen molar-refractivity contribution in [3.8, 4) is 0 Å². The van der Waals surface area contributed by atoms with Gasteiger partial charge in [-0.25, -0.2) is 9.59 Å². The molecule has 1 aromatic carbocycles. The predicted octanol–water partition coefficient (Wildman–Crippen LogP) is 2.90.